The first-order valence-corrected chi connectivity index (χ1v) is 6.88. The van der Waals surface area contributed by atoms with Gasteiger partial charge < -0.3 is 10.1 Å². The molecule has 1 amide bonds. The van der Waals surface area contributed by atoms with Crippen LogP contribution in [0.1, 0.15) is 30.6 Å². The lowest BCUT2D eigenvalue weighted by atomic mass is 9.89. The molecule has 1 rings (SSSR count). The molecule has 1 N–H and O–H groups in total. The van der Waals surface area contributed by atoms with Gasteiger partial charge in [0.25, 0.3) is 5.91 Å². The summed E-state index contributed by atoms with van der Waals surface area (Å²) >= 11 is 3.07. The molecule has 0 aromatic heterocycles. The third-order valence-electron chi connectivity index (χ3n) is 2.91. The SMILES string of the molecule is COCCC(C)(C)CNC(=O)c1cccc(Br)c1F. The van der Waals surface area contributed by atoms with Crippen molar-refractivity contribution in [2.75, 3.05) is 20.3 Å². The lowest BCUT2D eigenvalue weighted by molar-refractivity contribution is 0.0917. The molecule has 0 radical (unpaired) electrons. The second-order valence-corrected chi connectivity index (χ2v) is 6.05. The average Bonchev–Trinajstić information content (AvgIpc) is 2.37. The molecule has 3 nitrogen and oxygen atoms in total. The first-order chi connectivity index (χ1) is 8.87. The first kappa shape index (κ1) is 16.1. The molecule has 19 heavy (non-hydrogen) atoms. The Morgan fingerprint density at radius 3 is 2.79 bits per heavy atom. The highest BCUT2D eigenvalue weighted by atomic mass is 79.9. The van der Waals surface area contributed by atoms with Crippen molar-refractivity contribution in [2.24, 2.45) is 5.41 Å². The van der Waals surface area contributed by atoms with E-state index in [1.54, 1.807) is 19.2 Å². The van der Waals surface area contributed by atoms with Crippen molar-refractivity contribution in [1.29, 1.82) is 0 Å². The molecule has 0 fully saturated rings. The van der Waals surface area contributed by atoms with E-state index in [1.165, 1.54) is 6.07 Å². The molecule has 0 heterocycles. The molecule has 0 saturated heterocycles. The molecule has 0 aliphatic heterocycles. The predicted octanol–water partition coefficient (Wildman–Crippen LogP) is 3.38. The third-order valence-corrected chi connectivity index (χ3v) is 3.52. The zero-order valence-corrected chi connectivity index (χ0v) is 13.0. The van der Waals surface area contributed by atoms with Crippen LogP contribution >= 0.6 is 15.9 Å². The fraction of sp³-hybridized carbons (Fsp3) is 0.500. The van der Waals surface area contributed by atoms with Crippen LogP contribution in [0.5, 0.6) is 0 Å². The van der Waals surface area contributed by atoms with Gasteiger partial charge in [0.1, 0.15) is 5.82 Å². The summed E-state index contributed by atoms with van der Waals surface area (Å²) in [5, 5.41) is 2.76. The van der Waals surface area contributed by atoms with E-state index in [1.807, 2.05) is 13.8 Å². The number of ether oxygens (including phenoxy) is 1. The zero-order valence-electron chi connectivity index (χ0n) is 11.4. The van der Waals surface area contributed by atoms with Gasteiger partial charge in [-0.2, -0.15) is 0 Å². The second kappa shape index (κ2) is 7.01. The smallest absolute Gasteiger partial charge is 0.254 e. The zero-order chi connectivity index (χ0) is 14.5. The van der Waals surface area contributed by atoms with Crippen LogP contribution in [0.15, 0.2) is 22.7 Å². The largest absolute Gasteiger partial charge is 0.385 e. The maximum Gasteiger partial charge on any atom is 0.254 e. The van der Waals surface area contributed by atoms with Crippen molar-refractivity contribution >= 4 is 21.8 Å². The highest BCUT2D eigenvalue weighted by Crippen LogP contribution is 2.21. The molecule has 106 valence electrons. The van der Waals surface area contributed by atoms with E-state index in [0.29, 0.717) is 17.6 Å². The van der Waals surface area contributed by atoms with Crippen LogP contribution in [0.25, 0.3) is 0 Å². The van der Waals surface area contributed by atoms with Crippen LogP contribution in [-0.2, 0) is 4.74 Å². The molecule has 1 aromatic carbocycles. The molecule has 0 saturated carbocycles. The number of carbonyl (C=O) groups excluding carboxylic acids is 1. The van der Waals surface area contributed by atoms with Crippen LogP contribution in [0.3, 0.4) is 0 Å². The summed E-state index contributed by atoms with van der Waals surface area (Å²) in [4.78, 5) is 11.9. The number of nitrogens with one attached hydrogen (secondary N) is 1. The Kier molecular flexibility index (Phi) is 5.94. The van der Waals surface area contributed by atoms with Crippen LogP contribution < -0.4 is 5.32 Å². The van der Waals surface area contributed by atoms with E-state index >= 15 is 0 Å². The minimum atomic E-state index is -0.533. The molecular weight excluding hydrogens is 313 g/mol. The number of benzene rings is 1. The van der Waals surface area contributed by atoms with Crippen LogP contribution in [0.4, 0.5) is 4.39 Å². The van der Waals surface area contributed by atoms with Crippen LogP contribution in [0, 0.1) is 11.2 Å². The Morgan fingerprint density at radius 1 is 1.47 bits per heavy atom. The Bertz CT molecular complexity index is 449. The molecule has 0 aliphatic carbocycles. The normalized spacial score (nSPS) is 11.4. The fourth-order valence-corrected chi connectivity index (χ4v) is 1.93. The lowest BCUT2D eigenvalue weighted by Crippen LogP contribution is -2.35. The van der Waals surface area contributed by atoms with E-state index in [2.05, 4.69) is 21.2 Å². The maximum atomic E-state index is 13.7. The molecule has 0 spiro atoms. The van der Waals surface area contributed by atoms with Gasteiger partial charge in [0.2, 0.25) is 0 Å². The highest BCUT2D eigenvalue weighted by molar-refractivity contribution is 9.10. The van der Waals surface area contributed by atoms with Crippen molar-refractivity contribution in [2.45, 2.75) is 20.3 Å². The quantitative estimate of drug-likeness (QED) is 0.867. The summed E-state index contributed by atoms with van der Waals surface area (Å²) in [5.74, 6) is -0.931. The molecule has 1 aromatic rings. The molecule has 0 aliphatic rings. The van der Waals surface area contributed by atoms with Gasteiger partial charge in [0, 0.05) is 20.3 Å². The standard InChI is InChI=1S/C14H19BrFNO2/c1-14(2,7-8-19-3)9-17-13(18)10-5-4-6-11(15)12(10)16/h4-6H,7-9H2,1-3H3,(H,17,18). The van der Waals surface area contributed by atoms with E-state index in [9.17, 15) is 9.18 Å². The number of hydrogen-bond acceptors (Lipinski definition) is 2. The molecule has 0 atom stereocenters. The van der Waals surface area contributed by atoms with Gasteiger partial charge in [0.15, 0.2) is 0 Å². The third kappa shape index (κ3) is 4.91. The Hall–Kier alpha value is -0.940. The Labute approximate surface area is 121 Å². The minimum absolute atomic E-state index is 0.0527. The van der Waals surface area contributed by atoms with Crippen molar-refractivity contribution in [1.82, 2.24) is 5.32 Å². The summed E-state index contributed by atoms with van der Waals surface area (Å²) in [6.07, 6.45) is 0.824. The first-order valence-electron chi connectivity index (χ1n) is 6.08. The molecule has 0 unspecified atom stereocenters. The van der Waals surface area contributed by atoms with Crippen molar-refractivity contribution in [3.8, 4) is 0 Å². The van der Waals surface area contributed by atoms with Crippen LogP contribution in [-0.4, -0.2) is 26.2 Å². The Morgan fingerprint density at radius 2 is 2.16 bits per heavy atom. The average molecular weight is 332 g/mol. The van der Waals surface area contributed by atoms with Crippen molar-refractivity contribution in [3.63, 3.8) is 0 Å². The maximum absolute atomic E-state index is 13.7. The topological polar surface area (TPSA) is 38.3 Å². The van der Waals surface area contributed by atoms with Crippen molar-refractivity contribution < 1.29 is 13.9 Å². The highest BCUT2D eigenvalue weighted by Gasteiger charge is 2.20. The predicted molar refractivity (Wildman–Crippen MR) is 76.7 cm³/mol. The van der Waals surface area contributed by atoms with E-state index in [-0.39, 0.29) is 11.0 Å². The number of carbonyl (C=O) groups is 1. The lowest BCUT2D eigenvalue weighted by Gasteiger charge is -2.24. The van der Waals surface area contributed by atoms with Gasteiger partial charge >= 0.3 is 0 Å². The van der Waals surface area contributed by atoms with Gasteiger partial charge in [0.05, 0.1) is 10.0 Å². The minimum Gasteiger partial charge on any atom is -0.385 e. The summed E-state index contributed by atoms with van der Waals surface area (Å²) in [7, 11) is 1.64. The summed E-state index contributed by atoms with van der Waals surface area (Å²) in [6, 6.07) is 4.67. The van der Waals surface area contributed by atoms with E-state index in [0.717, 1.165) is 6.42 Å². The molecular formula is C14H19BrFNO2. The summed E-state index contributed by atoms with van der Waals surface area (Å²) < 4.78 is 19.1. The van der Waals surface area contributed by atoms with Gasteiger partial charge in [-0.25, -0.2) is 4.39 Å². The van der Waals surface area contributed by atoms with Gasteiger partial charge in [-0.1, -0.05) is 19.9 Å². The fourth-order valence-electron chi connectivity index (χ4n) is 1.56. The monoisotopic (exact) mass is 331 g/mol. The number of amides is 1. The van der Waals surface area contributed by atoms with Crippen molar-refractivity contribution in [3.05, 3.63) is 34.1 Å². The van der Waals surface area contributed by atoms with E-state index < -0.39 is 11.7 Å². The number of methoxy groups -OCH3 is 1. The number of hydrogen-bond donors (Lipinski definition) is 1. The van der Waals surface area contributed by atoms with Gasteiger partial charge in [-0.15, -0.1) is 0 Å². The van der Waals surface area contributed by atoms with Crippen LogP contribution in [0.2, 0.25) is 0 Å². The molecule has 5 heteroatoms. The summed E-state index contributed by atoms with van der Waals surface area (Å²) in [5.41, 5.74) is -0.0364. The Balaban J connectivity index is 2.63. The second-order valence-electron chi connectivity index (χ2n) is 5.19. The van der Waals surface area contributed by atoms with Gasteiger partial charge in [-0.05, 0) is 39.9 Å². The summed E-state index contributed by atoms with van der Waals surface area (Å²) in [6.45, 7) is 5.17. The number of halogens is 2. The number of rotatable bonds is 6. The molecule has 0 bridgehead atoms. The van der Waals surface area contributed by atoms with E-state index in [4.69, 9.17) is 4.74 Å². The van der Waals surface area contributed by atoms with Gasteiger partial charge in [-0.3, -0.25) is 4.79 Å².